The lowest BCUT2D eigenvalue weighted by atomic mass is 10.4. The average Bonchev–Trinajstić information content (AvgIpc) is 3.28. The Balaban J connectivity index is 2.01. The van der Waals surface area contributed by atoms with Crippen LogP contribution in [0, 0.1) is 24.7 Å². The Hall–Kier alpha value is -4.32. The van der Waals surface area contributed by atoms with Crippen LogP contribution in [-0.2, 0) is 27.2 Å². The molecule has 0 aromatic carbocycles. The van der Waals surface area contributed by atoms with Crippen molar-refractivity contribution in [1.29, 1.82) is 0 Å². The zero-order chi connectivity index (χ0) is 23.5. The average molecular weight is 438 g/mol. The summed E-state index contributed by atoms with van der Waals surface area (Å²) in [6.07, 6.45) is 10.8. The van der Waals surface area contributed by atoms with Crippen LogP contribution in [0.15, 0.2) is 19.2 Å². The lowest BCUT2D eigenvalue weighted by molar-refractivity contribution is 0.630. The van der Waals surface area contributed by atoms with Crippen LogP contribution in [0.25, 0.3) is 0 Å². The molecule has 166 valence electrons. The molecule has 4 rings (SSSR count). The summed E-state index contributed by atoms with van der Waals surface area (Å²) in [5.74, 6) is 5.42. The van der Waals surface area contributed by atoms with E-state index >= 15 is 0 Å². The van der Waals surface area contributed by atoms with Crippen LogP contribution >= 0.6 is 0 Å². The lowest BCUT2D eigenvalue weighted by Crippen LogP contribution is -2.49. The van der Waals surface area contributed by atoms with Gasteiger partial charge in [-0.25, -0.2) is 24.2 Å². The number of aromatic nitrogens is 4. The highest BCUT2D eigenvalue weighted by atomic mass is 16.2. The summed E-state index contributed by atoms with van der Waals surface area (Å²) in [7, 11) is 6.36. The number of hydrogen-bond acceptors (Lipinski definition) is 8. The van der Waals surface area contributed by atoms with Crippen molar-refractivity contribution >= 4 is 23.0 Å². The molecule has 2 aliphatic rings. The molecule has 0 bridgehead atoms. The number of fused-ring (bicyclic) bond motifs is 2. The molecular weight excluding hydrogens is 416 g/mol. The smallest absolute Gasteiger partial charge is 0.333 e. The van der Waals surface area contributed by atoms with Gasteiger partial charge in [0.2, 0.25) is 0 Å². The predicted molar refractivity (Wildman–Crippen MR) is 121 cm³/mol. The highest BCUT2D eigenvalue weighted by molar-refractivity contribution is 5.80. The molecule has 0 fully saturated rings. The number of anilines is 4. The van der Waals surface area contributed by atoms with Crippen molar-refractivity contribution < 1.29 is 0 Å². The third-order valence-electron chi connectivity index (χ3n) is 5.72. The van der Waals surface area contributed by atoms with Gasteiger partial charge in [-0.3, -0.25) is 23.3 Å². The zero-order valence-electron chi connectivity index (χ0n) is 18.2. The van der Waals surface area contributed by atoms with E-state index in [-0.39, 0.29) is 32.1 Å². The van der Waals surface area contributed by atoms with E-state index < -0.39 is 22.5 Å². The largest absolute Gasteiger partial charge is 0.348 e. The molecule has 0 radical (unpaired) electrons. The second-order valence-corrected chi connectivity index (χ2v) is 7.70. The SMILES string of the molecule is C#CCn1c2c(c(=O)n(C)c1=O)N(C)CN2N1CN(C)c2c1n(C)c(=O)n(CC#C)c2=O. The molecule has 2 aromatic rings. The Morgan fingerprint density at radius 2 is 1.16 bits per heavy atom. The van der Waals surface area contributed by atoms with E-state index in [9.17, 15) is 19.2 Å². The minimum absolute atomic E-state index is 0.0567. The van der Waals surface area contributed by atoms with Crippen LogP contribution in [-0.4, -0.2) is 45.7 Å². The van der Waals surface area contributed by atoms with Crippen molar-refractivity contribution in [3.63, 3.8) is 0 Å². The van der Waals surface area contributed by atoms with Gasteiger partial charge in [-0.2, -0.15) is 0 Å². The van der Waals surface area contributed by atoms with Crippen LogP contribution in [0.1, 0.15) is 0 Å². The first-order valence-corrected chi connectivity index (χ1v) is 9.67. The molecular formula is C20H22N8O4. The Bertz CT molecular complexity index is 1460. The van der Waals surface area contributed by atoms with Crippen molar-refractivity contribution in [2.75, 3.05) is 47.3 Å². The summed E-state index contributed by atoms with van der Waals surface area (Å²) in [4.78, 5) is 55.0. The standard InChI is InChI=1S/C20H22N8O4/c1-7-9-25-16-14(17(29)24(6)20(25)32)22(4)12-28(16)27-11-21(3)13-15(27)23(5)19(31)26(10-8-2)18(13)30/h1-2H,9-12H2,3-6H3. The number of hydrazine groups is 1. The third-order valence-corrected chi connectivity index (χ3v) is 5.72. The molecule has 0 spiro atoms. The fourth-order valence-corrected chi connectivity index (χ4v) is 4.23. The predicted octanol–water partition coefficient (Wildman–Crippen LogP) is -2.28. The second kappa shape index (κ2) is 7.13. The molecule has 2 aromatic heterocycles. The van der Waals surface area contributed by atoms with Crippen LogP contribution in [0.4, 0.5) is 23.0 Å². The summed E-state index contributed by atoms with van der Waals surface area (Å²) in [6, 6.07) is 0. The third kappa shape index (κ3) is 2.59. The maximum atomic E-state index is 13.0. The molecule has 4 heterocycles. The highest BCUT2D eigenvalue weighted by Gasteiger charge is 2.41. The molecule has 0 atom stereocenters. The first kappa shape index (κ1) is 20.9. The summed E-state index contributed by atoms with van der Waals surface area (Å²) in [6.45, 7) is 0.191. The maximum Gasteiger partial charge on any atom is 0.333 e. The van der Waals surface area contributed by atoms with Gasteiger partial charge in [0.15, 0.2) is 11.6 Å². The van der Waals surface area contributed by atoms with Crippen molar-refractivity contribution in [2.45, 2.75) is 13.1 Å². The monoisotopic (exact) mass is 438 g/mol. The quantitative estimate of drug-likeness (QED) is 0.494. The normalized spacial score (nSPS) is 14.4. The van der Waals surface area contributed by atoms with Crippen molar-refractivity contribution in [1.82, 2.24) is 18.3 Å². The van der Waals surface area contributed by atoms with Gasteiger partial charge in [-0.05, 0) is 0 Å². The van der Waals surface area contributed by atoms with Gasteiger partial charge in [-0.15, -0.1) is 12.8 Å². The molecule has 12 nitrogen and oxygen atoms in total. The van der Waals surface area contributed by atoms with E-state index in [1.807, 2.05) is 0 Å². The van der Waals surface area contributed by atoms with Crippen LogP contribution in [0.3, 0.4) is 0 Å². The van der Waals surface area contributed by atoms with Gasteiger partial charge in [0.1, 0.15) is 24.7 Å². The van der Waals surface area contributed by atoms with Gasteiger partial charge < -0.3 is 9.80 Å². The van der Waals surface area contributed by atoms with Gasteiger partial charge in [-0.1, -0.05) is 11.8 Å². The molecule has 12 heteroatoms. The van der Waals surface area contributed by atoms with Crippen molar-refractivity contribution in [3.8, 4) is 24.7 Å². The zero-order valence-corrected chi connectivity index (χ0v) is 18.2. The van der Waals surface area contributed by atoms with E-state index in [0.29, 0.717) is 17.3 Å². The van der Waals surface area contributed by atoms with E-state index in [4.69, 9.17) is 12.8 Å². The summed E-state index contributed by atoms with van der Waals surface area (Å²) in [5.41, 5.74) is -1.52. The maximum absolute atomic E-state index is 13.0. The Labute approximate surface area is 182 Å². The fraction of sp³-hybridized carbons (Fsp3) is 0.400. The minimum Gasteiger partial charge on any atom is -0.348 e. The number of rotatable bonds is 3. The molecule has 0 amide bonds. The van der Waals surface area contributed by atoms with E-state index in [2.05, 4.69) is 11.8 Å². The number of terminal acetylenes is 2. The molecule has 2 aliphatic heterocycles. The van der Waals surface area contributed by atoms with Gasteiger partial charge in [0.25, 0.3) is 11.1 Å². The lowest BCUT2D eigenvalue weighted by Gasteiger charge is -2.32. The van der Waals surface area contributed by atoms with Crippen LogP contribution in [0.2, 0.25) is 0 Å². The Kier molecular flexibility index (Phi) is 4.66. The van der Waals surface area contributed by atoms with Crippen molar-refractivity contribution in [2.24, 2.45) is 14.1 Å². The molecule has 0 N–H and O–H groups in total. The van der Waals surface area contributed by atoms with Crippen molar-refractivity contribution in [3.05, 3.63) is 41.7 Å². The topological polar surface area (TPSA) is 101 Å². The summed E-state index contributed by atoms with van der Waals surface area (Å²) >= 11 is 0. The van der Waals surface area contributed by atoms with E-state index in [0.717, 1.165) is 9.13 Å². The summed E-state index contributed by atoms with van der Waals surface area (Å²) in [5, 5.41) is 3.37. The number of nitrogens with zero attached hydrogens (tertiary/aromatic N) is 8. The van der Waals surface area contributed by atoms with Gasteiger partial charge in [0, 0.05) is 28.2 Å². The van der Waals surface area contributed by atoms with Crippen LogP contribution in [0.5, 0.6) is 0 Å². The second-order valence-electron chi connectivity index (χ2n) is 7.70. The number of hydrogen-bond donors (Lipinski definition) is 0. The van der Waals surface area contributed by atoms with Crippen LogP contribution < -0.4 is 42.3 Å². The van der Waals surface area contributed by atoms with E-state index in [1.54, 1.807) is 41.0 Å². The Morgan fingerprint density at radius 1 is 0.688 bits per heavy atom. The minimum atomic E-state index is -0.565. The molecule has 0 aliphatic carbocycles. The van der Waals surface area contributed by atoms with E-state index in [1.165, 1.54) is 16.2 Å². The first-order valence-electron chi connectivity index (χ1n) is 9.67. The Morgan fingerprint density at radius 3 is 1.72 bits per heavy atom. The fourth-order valence-electron chi connectivity index (χ4n) is 4.23. The van der Waals surface area contributed by atoms with Gasteiger partial charge in [0.05, 0.1) is 13.1 Å². The van der Waals surface area contributed by atoms with Gasteiger partial charge >= 0.3 is 11.4 Å². The molecule has 0 saturated heterocycles. The summed E-state index contributed by atoms with van der Waals surface area (Å²) < 4.78 is 4.66. The highest BCUT2D eigenvalue weighted by Crippen LogP contribution is 2.38. The molecule has 0 saturated carbocycles. The molecule has 0 unspecified atom stereocenters. The first-order chi connectivity index (χ1) is 15.1. The molecule has 32 heavy (non-hydrogen) atoms.